The Labute approximate surface area is 166 Å². The molecule has 0 spiro atoms. The summed E-state index contributed by atoms with van der Waals surface area (Å²) in [5.74, 6) is 0.401. The van der Waals surface area contributed by atoms with Crippen LogP contribution in [0.25, 0.3) is 0 Å². The maximum Gasteiger partial charge on any atom is 0.306 e. The summed E-state index contributed by atoms with van der Waals surface area (Å²) in [5.41, 5.74) is 1.00. The molecule has 1 atom stereocenters. The lowest BCUT2D eigenvalue weighted by Gasteiger charge is -2.43. The predicted octanol–water partition coefficient (Wildman–Crippen LogP) is 5.53. The van der Waals surface area contributed by atoms with E-state index in [9.17, 15) is 13.2 Å². The van der Waals surface area contributed by atoms with E-state index < -0.39 is 20.4 Å². The van der Waals surface area contributed by atoms with Crippen LogP contribution in [0.3, 0.4) is 0 Å². The van der Waals surface area contributed by atoms with Crippen LogP contribution in [0.4, 0.5) is 0 Å². The molecule has 27 heavy (non-hydrogen) atoms. The second-order valence-electron chi connectivity index (χ2n) is 7.81. The molecule has 154 valence electrons. The molecule has 1 saturated carbocycles. The van der Waals surface area contributed by atoms with E-state index in [1.165, 1.54) is 6.42 Å². The van der Waals surface area contributed by atoms with Gasteiger partial charge in [-0.1, -0.05) is 56.7 Å². The lowest BCUT2D eigenvalue weighted by molar-refractivity contribution is -0.116. The minimum Gasteiger partial charge on any atom is -0.299 e. The number of unbranched alkanes of at least 4 members (excludes halogenated alkanes) is 2. The van der Waals surface area contributed by atoms with Crippen LogP contribution in [0.2, 0.25) is 0 Å². The summed E-state index contributed by atoms with van der Waals surface area (Å²) in [6.45, 7) is 4.03. The monoisotopic (exact) mass is 414 g/mol. The molecule has 1 aliphatic rings. The van der Waals surface area contributed by atoms with Crippen molar-refractivity contribution in [2.45, 2.75) is 81.8 Å². The number of benzene rings is 1. The van der Waals surface area contributed by atoms with Gasteiger partial charge in [0.2, 0.25) is 0 Å². The fraction of sp³-hybridized carbons (Fsp3) is 0.667. The third-order valence-corrected chi connectivity index (χ3v) is 10.9. The second kappa shape index (κ2) is 10.1. The van der Waals surface area contributed by atoms with Gasteiger partial charge in [-0.15, -0.1) is 10.3 Å². The lowest BCUT2D eigenvalue weighted by atomic mass is 10.0. The zero-order valence-corrected chi connectivity index (χ0v) is 18.5. The van der Waals surface area contributed by atoms with Gasteiger partial charge in [-0.2, -0.15) is 8.42 Å². The number of hydrogen-bond donors (Lipinski definition) is 0. The van der Waals surface area contributed by atoms with E-state index in [4.69, 9.17) is 3.63 Å². The van der Waals surface area contributed by atoms with Gasteiger partial charge in [-0.25, -0.2) is 3.63 Å². The van der Waals surface area contributed by atoms with E-state index in [-0.39, 0.29) is 21.7 Å². The fourth-order valence-electron chi connectivity index (χ4n) is 3.67. The maximum atomic E-state index is 12.9. The Morgan fingerprint density at radius 2 is 1.70 bits per heavy atom. The van der Waals surface area contributed by atoms with Gasteiger partial charge in [0.15, 0.2) is 0 Å². The normalized spacial score (nSPS) is 19.4. The van der Waals surface area contributed by atoms with Crippen molar-refractivity contribution in [3.63, 3.8) is 0 Å². The predicted molar refractivity (Wildman–Crippen MR) is 114 cm³/mol. The van der Waals surface area contributed by atoms with Gasteiger partial charge in [-0.05, 0) is 44.6 Å². The minimum atomic E-state index is -3.87. The number of hydrogen-bond acceptors (Lipinski definition) is 4. The van der Waals surface area contributed by atoms with Crippen LogP contribution in [0, 0.1) is 6.92 Å². The summed E-state index contributed by atoms with van der Waals surface area (Å²) >= 11 is 0. The number of Topliss-reactive ketones (excluding diaryl/α,β-unsaturated/α-hetero) is 1. The number of carbonyl (C=O) groups excluding carboxylic acids is 1. The first kappa shape index (κ1) is 22.4. The molecule has 2 rings (SSSR count). The minimum absolute atomic E-state index is 0.144. The summed E-state index contributed by atoms with van der Waals surface area (Å²) in [6, 6.07) is 6.74. The van der Waals surface area contributed by atoms with Gasteiger partial charge in [0, 0.05) is 11.7 Å². The molecule has 0 aromatic heterocycles. The molecule has 0 radical (unpaired) electrons. The van der Waals surface area contributed by atoms with E-state index in [0.29, 0.717) is 6.42 Å². The quantitative estimate of drug-likeness (QED) is 0.472. The van der Waals surface area contributed by atoms with Gasteiger partial charge in [0.05, 0.1) is 10.6 Å². The smallest absolute Gasteiger partial charge is 0.299 e. The van der Waals surface area contributed by atoms with Gasteiger partial charge in [0.25, 0.3) is 0 Å². The number of rotatable bonds is 10. The maximum absolute atomic E-state index is 12.9. The van der Waals surface area contributed by atoms with Crippen LogP contribution in [0.5, 0.6) is 0 Å². The molecule has 1 aromatic carbocycles. The Balaban J connectivity index is 2.20. The van der Waals surface area contributed by atoms with Crippen molar-refractivity contribution in [2.24, 2.45) is 0 Å². The summed E-state index contributed by atoms with van der Waals surface area (Å²) in [7, 11) is -5.90. The Bertz CT molecular complexity index is 706. The van der Waals surface area contributed by atoms with Gasteiger partial charge < -0.3 is 0 Å². The highest BCUT2D eigenvalue weighted by Gasteiger charge is 2.37. The number of carbonyl (C=O) groups is 1. The first-order valence-electron chi connectivity index (χ1n) is 10.1. The third kappa shape index (κ3) is 6.61. The molecule has 1 aliphatic carbocycles. The Hall–Kier alpha value is -0.850. The third-order valence-electron chi connectivity index (χ3n) is 5.32. The summed E-state index contributed by atoms with van der Waals surface area (Å²) < 4.78 is 31.8. The van der Waals surface area contributed by atoms with Crippen molar-refractivity contribution in [2.75, 3.05) is 12.0 Å². The largest absolute Gasteiger partial charge is 0.306 e. The first-order valence-corrected chi connectivity index (χ1v) is 13.7. The van der Waals surface area contributed by atoms with Gasteiger partial charge in [0.1, 0.15) is 5.78 Å². The first-order chi connectivity index (χ1) is 12.8. The molecule has 6 heteroatoms. The average molecular weight is 415 g/mol. The SMILES string of the molecule is CCCCCC(=O)CS(C)(OS(=O)(=O)c1ccc(C)cc1)C1CCCCC1. The standard InChI is InChI=1S/C21H34O4S2/c1-4-5-7-10-19(22)17-26(3,20-11-8-6-9-12-20)25-27(23,24)21-15-13-18(2)14-16-21/h13-16,20H,4-12,17H2,1-3H3. The number of aryl methyl sites for hydroxylation is 1. The molecule has 0 amide bonds. The van der Waals surface area contributed by atoms with E-state index in [1.54, 1.807) is 24.3 Å². The van der Waals surface area contributed by atoms with Crippen molar-refractivity contribution in [1.29, 1.82) is 0 Å². The van der Waals surface area contributed by atoms with Crippen LogP contribution in [-0.2, 0) is 18.5 Å². The zero-order chi connectivity index (χ0) is 19.9. The van der Waals surface area contributed by atoms with E-state index >= 15 is 0 Å². The molecule has 0 N–H and O–H groups in total. The molecule has 1 aromatic rings. The highest BCUT2D eigenvalue weighted by atomic mass is 32.3. The molecule has 0 bridgehead atoms. The van der Waals surface area contributed by atoms with E-state index in [1.807, 2.05) is 13.2 Å². The zero-order valence-electron chi connectivity index (χ0n) is 16.9. The average Bonchev–Trinajstić information content (AvgIpc) is 2.62. The van der Waals surface area contributed by atoms with Crippen LogP contribution in [0.15, 0.2) is 29.2 Å². The van der Waals surface area contributed by atoms with Crippen molar-refractivity contribution < 1.29 is 16.8 Å². The van der Waals surface area contributed by atoms with Crippen molar-refractivity contribution in [3.05, 3.63) is 29.8 Å². The molecule has 1 unspecified atom stereocenters. The van der Waals surface area contributed by atoms with E-state index in [2.05, 4.69) is 6.92 Å². The Morgan fingerprint density at radius 3 is 2.30 bits per heavy atom. The van der Waals surface area contributed by atoms with Crippen molar-refractivity contribution >= 4 is 26.2 Å². The Morgan fingerprint density at radius 1 is 1.07 bits per heavy atom. The molecule has 1 fully saturated rings. The topological polar surface area (TPSA) is 60.4 Å². The van der Waals surface area contributed by atoms with E-state index in [0.717, 1.165) is 50.5 Å². The van der Waals surface area contributed by atoms with Crippen LogP contribution >= 0.6 is 10.3 Å². The lowest BCUT2D eigenvalue weighted by Crippen LogP contribution is -2.30. The molecule has 0 heterocycles. The van der Waals surface area contributed by atoms with Crippen LogP contribution in [-0.4, -0.2) is 31.5 Å². The summed E-state index contributed by atoms with van der Waals surface area (Å²) in [6.07, 6.45) is 10.7. The fourth-order valence-corrected chi connectivity index (χ4v) is 9.08. The highest BCUT2D eigenvalue weighted by Crippen LogP contribution is 2.57. The van der Waals surface area contributed by atoms with Crippen LogP contribution in [0.1, 0.15) is 70.3 Å². The van der Waals surface area contributed by atoms with Gasteiger partial charge in [-0.3, -0.25) is 4.79 Å². The summed E-state index contributed by atoms with van der Waals surface area (Å²) in [5, 5.41) is 0.182. The molecule has 0 aliphatic heterocycles. The van der Waals surface area contributed by atoms with Gasteiger partial charge >= 0.3 is 10.1 Å². The molecular weight excluding hydrogens is 380 g/mol. The molecule has 4 nitrogen and oxygen atoms in total. The molecule has 0 saturated heterocycles. The number of ketones is 1. The van der Waals surface area contributed by atoms with Crippen LogP contribution < -0.4 is 0 Å². The highest BCUT2D eigenvalue weighted by molar-refractivity contribution is 8.33. The molecular formula is C21H34O4S2. The van der Waals surface area contributed by atoms with Crippen molar-refractivity contribution in [1.82, 2.24) is 0 Å². The second-order valence-corrected chi connectivity index (χ2v) is 12.8. The summed E-state index contributed by atoms with van der Waals surface area (Å²) in [4.78, 5) is 12.8. The Kier molecular flexibility index (Phi) is 8.38. The van der Waals surface area contributed by atoms with Crippen molar-refractivity contribution in [3.8, 4) is 0 Å².